The van der Waals surface area contributed by atoms with Crippen molar-refractivity contribution in [3.05, 3.63) is 99.5 Å². The molecule has 4 aromatic rings. The number of nitrogens with one attached hydrogen (secondary N) is 1. The van der Waals surface area contributed by atoms with E-state index < -0.39 is 0 Å². The van der Waals surface area contributed by atoms with E-state index in [9.17, 15) is 4.79 Å². The molecule has 1 aromatic heterocycles. The van der Waals surface area contributed by atoms with Gasteiger partial charge in [0, 0.05) is 9.51 Å². The number of hydrazone groups is 1. The molecule has 0 saturated heterocycles. The van der Waals surface area contributed by atoms with Crippen LogP contribution in [0.5, 0.6) is 0 Å². The predicted octanol–water partition coefficient (Wildman–Crippen LogP) is 6.37. The SMILES string of the molecule is O=C(CSc1nc2ccccc2n1Cc1ccccc1Cl)NN=CC(Br)=Cc1ccccc1. The molecule has 0 radical (unpaired) electrons. The molecule has 0 aliphatic carbocycles. The number of allylic oxidation sites excluding steroid dienone is 1. The molecule has 8 heteroatoms. The number of amides is 1. The predicted molar refractivity (Wildman–Crippen MR) is 141 cm³/mol. The summed E-state index contributed by atoms with van der Waals surface area (Å²) in [6.45, 7) is 0.569. The van der Waals surface area contributed by atoms with Crippen molar-refractivity contribution in [2.45, 2.75) is 11.7 Å². The van der Waals surface area contributed by atoms with Gasteiger partial charge >= 0.3 is 0 Å². The van der Waals surface area contributed by atoms with Crippen LogP contribution < -0.4 is 5.43 Å². The van der Waals surface area contributed by atoms with E-state index in [1.54, 1.807) is 6.21 Å². The maximum atomic E-state index is 12.4. The first-order chi connectivity index (χ1) is 16.1. The van der Waals surface area contributed by atoms with Gasteiger partial charge in [0.2, 0.25) is 0 Å². The van der Waals surface area contributed by atoms with Crippen molar-refractivity contribution in [2.75, 3.05) is 5.75 Å². The fraction of sp³-hybridized carbons (Fsp3) is 0.0800. The molecule has 4 rings (SSSR count). The first-order valence-electron chi connectivity index (χ1n) is 10.2. The van der Waals surface area contributed by atoms with E-state index in [2.05, 4.69) is 31.0 Å². The fourth-order valence-corrected chi connectivity index (χ4v) is 4.56. The molecule has 0 aliphatic heterocycles. The second-order valence-electron chi connectivity index (χ2n) is 7.08. The van der Waals surface area contributed by atoms with Gasteiger partial charge in [-0.25, -0.2) is 10.4 Å². The Balaban J connectivity index is 1.42. The molecular weight excluding hydrogens is 520 g/mol. The zero-order valence-corrected chi connectivity index (χ0v) is 20.6. The molecule has 0 spiro atoms. The number of rotatable bonds is 8. The van der Waals surface area contributed by atoms with Crippen LogP contribution in [0.15, 0.2) is 93.6 Å². The highest BCUT2D eigenvalue weighted by Crippen LogP contribution is 2.27. The Bertz CT molecular complexity index is 1320. The lowest BCUT2D eigenvalue weighted by molar-refractivity contribution is -0.118. The molecule has 166 valence electrons. The summed E-state index contributed by atoms with van der Waals surface area (Å²) in [4.78, 5) is 17.1. The number of carbonyl (C=O) groups excluding carboxylic acids is 1. The van der Waals surface area contributed by atoms with Crippen LogP contribution in [-0.2, 0) is 11.3 Å². The molecule has 5 nitrogen and oxygen atoms in total. The Morgan fingerprint density at radius 2 is 1.79 bits per heavy atom. The van der Waals surface area contributed by atoms with E-state index in [1.165, 1.54) is 11.8 Å². The second-order valence-corrected chi connectivity index (χ2v) is 9.35. The normalized spacial score (nSPS) is 11.9. The maximum Gasteiger partial charge on any atom is 0.250 e. The summed E-state index contributed by atoms with van der Waals surface area (Å²) in [7, 11) is 0. The van der Waals surface area contributed by atoms with Crippen LogP contribution in [0.3, 0.4) is 0 Å². The number of imidazole rings is 1. The molecule has 1 N–H and O–H groups in total. The Morgan fingerprint density at radius 3 is 2.61 bits per heavy atom. The summed E-state index contributed by atoms with van der Waals surface area (Å²) < 4.78 is 2.83. The van der Waals surface area contributed by atoms with E-state index in [0.29, 0.717) is 11.6 Å². The number of aromatic nitrogens is 2. The molecule has 0 saturated carbocycles. The lowest BCUT2D eigenvalue weighted by atomic mass is 10.2. The van der Waals surface area contributed by atoms with Crippen molar-refractivity contribution in [1.29, 1.82) is 0 Å². The number of halogens is 2. The zero-order chi connectivity index (χ0) is 23.0. The van der Waals surface area contributed by atoms with Crippen molar-refractivity contribution in [2.24, 2.45) is 5.10 Å². The van der Waals surface area contributed by atoms with Gasteiger partial charge in [-0.1, -0.05) is 84.0 Å². The lowest BCUT2D eigenvalue weighted by Crippen LogP contribution is -2.20. The van der Waals surface area contributed by atoms with E-state index in [4.69, 9.17) is 16.6 Å². The highest BCUT2D eigenvalue weighted by molar-refractivity contribution is 9.12. The summed E-state index contributed by atoms with van der Waals surface area (Å²) >= 11 is 11.2. The molecule has 0 bridgehead atoms. The minimum atomic E-state index is -0.215. The van der Waals surface area contributed by atoms with Gasteiger partial charge in [0.05, 0.1) is 29.5 Å². The van der Waals surface area contributed by atoms with Gasteiger partial charge in [0.15, 0.2) is 5.16 Å². The molecule has 0 aliphatic rings. The van der Waals surface area contributed by atoms with Gasteiger partial charge in [-0.05, 0) is 51.3 Å². The monoisotopic (exact) mass is 538 g/mol. The van der Waals surface area contributed by atoms with Gasteiger partial charge in [-0.2, -0.15) is 5.10 Å². The number of para-hydroxylation sites is 2. The van der Waals surface area contributed by atoms with Crippen molar-refractivity contribution in [1.82, 2.24) is 15.0 Å². The maximum absolute atomic E-state index is 12.4. The van der Waals surface area contributed by atoms with Crippen LogP contribution in [0.1, 0.15) is 11.1 Å². The third kappa shape index (κ3) is 6.35. The Morgan fingerprint density at radius 1 is 1.06 bits per heavy atom. The van der Waals surface area contributed by atoms with Crippen LogP contribution in [-0.4, -0.2) is 27.4 Å². The summed E-state index contributed by atoms with van der Waals surface area (Å²) in [6.07, 6.45) is 3.48. The zero-order valence-electron chi connectivity index (χ0n) is 17.5. The number of fused-ring (bicyclic) bond motifs is 1. The van der Waals surface area contributed by atoms with Gasteiger partial charge in [0.1, 0.15) is 0 Å². The minimum Gasteiger partial charge on any atom is -0.314 e. The van der Waals surface area contributed by atoms with E-state index in [-0.39, 0.29) is 11.7 Å². The number of hydrogen-bond acceptors (Lipinski definition) is 4. The van der Waals surface area contributed by atoms with Crippen molar-refractivity contribution in [3.63, 3.8) is 0 Å². The van der Waals surface area contributed by atoms with E-state index >= 15 is 0 Å². The van der Waals surface area contributed by atoms with Crippen LogP contribution in [0.2, 0.25) is 5.02 Å². The quantitative estimate of drug-likeness (QED) is 0.161. The molecule has 1 amide bonds. The average Bonchev–Trinajstić information content (AvgIpc) is 3.17. The van der Waals surface area contributed by atoms with Crippen LogP contribution in [0, 0.1) is 0 Å². The summed E-state index contributed by atoms with van der Waals surface area (Å²) in [5, 5.41) is 5.48. The minimum absolute atomic E-state index is 0.184. The van der Waals surface area contributed by atoms with Gasteiger partial charge in [-0.3, -0.25) is 4.79 Å². The highest BCUT2D eigenvalue weighted by Gasteiger charge is 2.14. The molecular formula is C25H20BrClN4OS. The second kappa shape index (κ2) is 11.3. The first-order valence-corrected chi connectivity index (χ1v) is 12.3. The molecule has 3 aromatic carbocycles. The Hall–Kier alpha value is -2.87. The molecule has 1 heterocycles. The van der Waals surface area contributed by atoms with Crippen molar-refractivity contribution in [3.8, 4) is 0 Å². The van der Waals surface area contributed by atoms with Gasteiger partial charge < -0.3 is 4.57 Å². The largest absolute Gasteiger partial charge is 0.314 e. The van der Waals surface area contributed by atoms with Crippen molar-refractivity contribution >= 4 is 68.5 Å². The Kier molecular flexibility index (Phi) is 7.99. The smallest absolute Gasteiger partial charge is 0.250 e. The molecule has 0 atom stereocenters. The summed E-state index contributed by atoms with van der Waals surface area (Å²) in [5.74, 6) is -0.0314. The third-order valence-electron chi connectivity index (χ3n) is 4.72. The van der Waals surface area contributed by atoms with Crippen molar-refractivity contribution < 1.29 is 4.79 Å². The number of hydrogen-bond donors (Lipinski definition) is 1. The molecule has 33 heavy (non-hydrogen) atoms. The van der Waals surface area contributed by atoms with E-state index in [0.717, 1.165) is 31.8 Å². The number of benzene rings is 3. The Labute approximate surface area is 209 Å². The van der Waals surface area contributed by atoms with Crippen LogP contribution in [0.25, 0.3) is 17.1 Å². The third-order valence-corrected chi connectivity index (χ3v) is 6.50. The first kappa shape index (κ1) is 23.3. The lowest BCUT2D eigenvalue weighted by Gasteiger charge is -2.10. The molecule has 0 unspecified atom stereocenters. The standard InChI is InChI=1S/C25H20BrClN4OS/c26-20(14-18-8-2-1-3-9-18)15-28-30-24(32)17-33-25-29-22-12-6-7-13-23(22)31(25)16-19-10-4-5-11-21(19)27/h1-15H,16-17H2,(H,30,32). The molecule has 0 fully saturated rings. The fourth-order valence-electron chi connectivity index (χ4n) is 3.19. The average molecular weight is 540 g/mol. The van der Waals surface area contributed by atoms with Gasteiger partial charge in [-0.15, -0.1) is 0 Å². The number of nitrogens with zero attached hydrogens (tertiary/aromatic N) is 3. The van der Waals surface area contributed by atoms with Crippen LogP contribution >= 0.6 is 39.3 Å². The van der Waals surface area contributed by atoms with Gasteiger partial charge in [0.25, 0.3) is 5.91 Å². The topological polar surface area (TPSA) is 59.3 Å². The number of thioether (sulfide) groups is 1. The number of carbonyl (C=O) groups is 1. The van der Waals surface area contributed by atoms with Crippen LogP contribution in [0.4, 0.5) is 0 Å². The highest BCUT2D eigenvalue weighted by atomic mass is 79.9. The summed E-state index contributed by atoms with van der Waals surface area (Å²) in [6, 6.07) is 25.5. The summed E-state index contributed by atoms with van der Waals surface area (Å²) in [5.41, 5.74) is 6.46. The van der Waals surface area contributed by atoms with E-state index in [1.807, 2.05) is 84.9 Å².